The van der Waals surface area contributed by atoms with Crippen LogP contribution in [0.25, 0.3) is 0 Å². The highest BCUT2D eigenvalue weighted by atomic mass is 16.6. The van der Waals surface area contributed by atoms with Crippen molar-refractivity contribution in [1.82, 2.24) is 10.2 Å². The zero-order valence-electron chi connectivity index (χ0n) is 25.9. The number of hydrogen-bond donors (Lipinski definition) is 1. The minimum absolute atomic E-state index is 0.0161. The molecule has 3 rings (SSSR count). The van der Waals surface area contributed by atoms with Gasteiger partial charge in [0, 0.05) is 31.7 Å². The van der Waals surface area contributed by atoms with Crippen LogP contribution in [0.15, 0.2) is 30.3 Å². The van der Waals surface area contributed by atoms with Crippen LogP contribution in [0, 0.1) is 11.8 Å². The lowest BCUT2D eigenvalue weighted by molar-refractivity contribution is -0.164. The van der Waals surface area contributed by atoms with Gasteiger partial charge >= 0.3 is 23.9 Å². The fraction of sp³-hybridized carbons (Fsp3) is 0.677. The molecule has 2 heterocycles. The topological polar surface area (TPSA) is 139 Å². The molecule has 0 radical (unpaired) electrons. The maximum atomic E-state index is 12.2. The summed E-state index contributed by atoms with van der Waals surface area (Å²) in [7, 11) is 0. The third-order valence-corrected chi connectivity index (χ3v) is 6.89. The molecule has 2 aliphatic heterocycles. The summed E-state index contributed by atoms with van der Waals surface area (Å²) >= 11 is 0. The van der Waals surface area contributed by atoms with E-state index < -0.39 is 35.7 Å². The van der Waals surface area contributed by atoms with Gasteiger partial charge in [-0.1, -0.05) is 30.3 Å². The van der Waals surface area contributed by atoms with Crippen LogP contribution in [0.5, 0.6) is 0 Å². The molecule has 0 aliphatic carbocycles. The first-order valence-corrected chi connectivity index (χ1v) is 15.2. The highest BCUT2D eigenvalue weighted by Gasteiger charge is 2.36. The van der Waals surface area contributed by atoms with Crippen molar-refractivity contribution in [3.05, 3.63) is 35.9 Å². The molecule has 0 aromatic heterocycles. The molecular weight excluding hydrogens is 560 g/mol. The summed E-state index contributed by atoms with van der Waals surface area (Å²) in [4.78, 5) is 50.2. The number of esters is 4. The minimum atomic E-state index is -0.912. The Hall–Kier alpha value is -3.06. The van der Waals surface area contributed by atoms with Crippen LogP contribution in [0.3, 0.4) is 0 Å². The van der Waals surface area contributed by atoms with Crippen molar-refractivity contribution in [2.45, 2.75) is 59.2 Å². The summed E-state index contributed by atoms with van der Waals surface area (Å²) in [5.41, 5.74) is 1.19. The smallest absolute Gasteiger partial charge is 0.320 e. The van der Waals surface area contributed by atoms with Gasteiger partial charge in [0.25, 0.3) is 0 Å². The van der Waals surface area contributed by atoms with Gasteiger partial charge in [-0.3, -0.25) is 24.1 Å². The standard InChI is InChI=1S/C19H27NO5.C12H21NO5/c1-3-24-18(21)17(19(22)25-4-2)12-16-14-23-11-10-20(16)13-15-8-6-5-7-9-15;1-3-17-11(14)10(12(15)18-4-2)7-9-8-16-6-5-13-9/h5-9,16-17H,3-4,10-14H2,1-2H3;9-10,13H,3-8H2,1-2H3. The number of benzene rings is 1. The Morgan fingerprint density at radius 2 is 1.28 bits per heavy atom. The fourth-order valence-electron chi connectivity index (χ4n) is 4.81. The van der Waals surface area contributed by atoms with Crippen molar-refractivity contribution in [3.63, 3.8) is 0 Å². The summed E-state index contributed by atoms with van der Waals surface area (Å²) in [6.45, 7) is 12.4. The summed E-state index contributed by atoms with van der Waals surface area (Å²) < 4.78 is 30.8. The molecule has 0 saturated carbocycles. The lowest BCUT2D eigenvalue weighted by Gasteiger charge is -2.36. The molecular formula is C31H48N2O10. The predicted molar refractivity (Wildman–Crippen MR) is 157 cm³/mol. The van der Waals surface area contributed by atoms with E-state index in [0.29, 0.717) is 39.3 Å². The van der Waals surface area contributed by atoms with Crippen LogP contribution in [-0.4, -0.2) is 107 Å². The Morgan fingerprint density at radius 3 is 1.77 bits per heavy atom. The van der Waals surface area contributed by atoms with Crippen molar-refractivity contribution < 1.29 is 47.6 Å². The number of nitrogens with zero attached hydrogens (tertiary/aromatic N) is 1. The molecule has 2 atom stereocenters. The zero-order chi connectivity index (χ0) is 31.5. The minimum Gasteiger partial charge on any atom is -0.465 e. The van der Waals surface area contributed by atoms with Gasteiger partial charge in [0.15, 0.2) is 11.8 Å². The lowest BCUT2D eigenvalue weighted by atomic mass is 9.98. The Labute approximate surface area is 254 Å². The molecule has 2 unspecified atom stereocenters. The predicted octanol–water partition coefficient (Wildman–Crippen LogP) is 2.13. The van der Waals surface area contributed by atoms with E-state index in [-0.39, 0.29) is 38.5 Å². The molecule has 2 fully saturated rings. The molecule has 2 saturated heterocycles. The molecule has 1 aromatic carbocycles. The van der Waals surface area contributed by atoms with E-state index in [9.17, 15) is 19.2 Å². The normalized spacial score (nSPS) is 18.7. The number of rotatable bonds is 14. The van der Waals surface area contributed by atoms with E-state index in [1.54, 1.807) is 27.7 Å². The van der Waals surface area contributed by atoms with Gasteiger partial charge in [-0.2, -0.15) is 0 Å². The first kappa shape index (κ1) is 36.1. The zero-order valence-corrected chi connectivity index (χ0v) is 25.9. The van der Waals surface area contributed by atoms with Crippen LogP contribution < -0.4 is 5.32 Å². The molecule has 1 aromatic rings. The molecule has 242 valence electrons. The van der Waals surface area contributed by atoms with Crippen LogP contribution in [0.2, 0.25) is 0 Å². The first-order valence-electron chi connectivity index (χ1n) is 15.2. The number of ether oxygens (including phenoxy) is 6. The summed E-state index contributed by atoms with van der Waals surface area (Å²) in [5, 5.41) is 3.20. The van der Waals surface area contributed by atoms with Crippen molar-refractivity contribution >= 4 is 23.9 Å². The summed E-state index contributed by atoms with van der Waals surface area (Å²) in [5.74, 6) is -3.88. The molecule has 12 nitrogen and oxygen atoms in total. The van der Waals surface area contributed by atoms with Crippen molar-refractivity contribution in [2.24, 2.45) is 11.8 Å². The van der Waals surface area contributed by atoms with Crippen LogP contribution in [0.1, 0.15) is 46.1 Å². The van der Waals surface area contributed by atoms with E-state index >= 15 is 0 Å². The molecule has 0 spiro atoms. The molecule has 2 aliphatic rings. The Balaban J connectivity index is 0.000000317. The average Bonchev–Trinajstić information content (AvgIpc) is 3.01. The second-order valence-electron chi connectivity index (χ2n) is 10.00. The maximum Gasteiger partial charge on any atom is 0.320 e. The highest BCUT2D eigenvalue weighted by Crippen LogP contribution is 2.21. The van der Waals surface area contributed by atoms with Crippen molar-refractivity contribution in [1.29, 1.82) is 0 Å². The van der Waals surface area contributed by atoms with Gasteiger partial charge in [0.2, 0.25) is 0 Å². The van der Waals surface area contributed by atoms with Gasteiger partial charge in [-0.15, -0.1) is 0 Å². The third-order valence-electron chi connectivity index (χ3n) is 6.89. The van der Waals surface area contributed by atoms with Crippen molar-refractivity contribution in [3.8, 4) is 0 Å². The van der Waals surface area contributed by atoms with Gasteiger partial charge in [-0.25, -0.2) is 0 Å². The largest absolute Gasteiger partial charge is 0.465 e. The SMILES string of the molecule is CCOC(=O)C(CC1COCCN1)C(=O)OCC.CCOC(=O)C(CC1COCCN1Cc1ccccc1)C(=O)OCC. The third kappa shape index (κ3) is 13.0. The van der Waals surface area contributed by atoms with Gasteiger partial charge in [0.05, 0.1) is 52.9 Å². The summed E-state index contributed by atoms with van der Waals surface area (Å²) in [6, 6.07) is 10.1. The number of hydrogen-bond acceptors (Lipinski definition) is 12. The van der Waals surface area contributed by atoms with E-state index in [0.717, 1.165) is 19.6 Å². The van der Waals surface area contributed by atoms with Crippen molar-refractivity contribution in [2.75, 3.05) is 65.9 Å². The van der Waals surface area contributed by atoms with E-state index in [1.807, 2.05) is 18.2 Å². The second kappa shape index (κ2) is 20.8. The molecule has 0 amide bonds. The van der Waals surface area contributed by atoms with E-state index in [4.69, 9.17) is 28.4 Å². The molecule has 43 heavy (non-hydrogen) atoms. The summed E-state index contributed by atoms with van der Waals surface area (Å²) in [6.07, 6.45) is 0.683. The van der Waals surface area contributed by atoms with Crippen LogP contribution in [-0.2, 0) is 54.1 Å². The monoisotopic (exact) mass is 608 g/mol. The number of morpholine rings is 2. The molecule has 1 N–H and O–H groups in total. The van der Waals surface area contributed by atoms with Gasteiger partial charge < -0.3 is 33.7 Å². The number of carbonyl (C=O) groups is 4. The maximum absolute atomic E-state index is 12.2. The van der Waals surface area contributed by atoms with Crippen LogP contribution in [0.4, 0.5) is 0 Å². The quantitative estimate of drug-likeness (QED) is 0.188. The lowest BCUT2D eigenvalue weighted by Crippen LogP contribution is -2.47. The Kier molecular flexibility index (Phi) is 17.5. The fourth-order valence-corrected chi connectivity index (χ4v) is 4.81. The van der Waals surface area contributed by atoms with E-state index in [2.05, 4.69) is 22.3 Å². The number of carbonyl (C=O) groups excluding carboxylic acids is 4. The van der Waals surface area contributed by atoms with Gasteiger partial charge in [-0.05, 0) is 46.1 Å². The number of nitrogens with one attached hydrogen (secondary N) is 1. The highest BCUT2D eigenvalue weighted by molar-refractivity contribution is 5.95. The first-order chi connectivity index (χ1) is 20.8. The van der Waals surface area contributed by atoms with E-state index in [1.165, 1.54) is 5.56 Å². The Bertz CT molecular complexity index is 935. The average molecular weight is 609 g/mol. The molecule has 0 bridgehead atoms. The second-order valence-corrected chi connectivity index (χ2v) is 10.00. The van der Waals surface area contributed by atoms with Gasteiger partial charge in [0.1, 0.15) is 0 Å². The molecule has 12 heteroatoms. The van der Waals surface area contributed by atoms with Crippen LogP contribution >= 0.6 is 0 Å². The Morgan fingerprint density at radius 1 is 0.767 bits per heavy atom.